The first-order chi connectivity index (χ1) is 11.5. The summed E-state index contributed by atoms with van der Waals surface area (Å²) < 4.78 is 15.9. The fraction of sp³-hybridized carbons (Fsp3) is 0.222. The summed E-state index contributed by atoms with van der Waals surface area (Å²) in [6.07, 6.45) is 0. The number of ether oxygens (including phenoxy) is 3. The first-order valence-electron chi connectivity index (χ1n) is 7.29. The molecular weight excluding hydrogens is 310 g/mol. The van der Waals surface area contributed by atoms with Gasteiger partial charge in [0, 0.05) is 11.3 Å². The number of benzene rings is 2. The molecule has 0 spiro atoms. The number of carbonyl (C=O) groups excluding carboxylic acids is 2. The fourth-order valence-corrected chi connectivity index (χ4v) is 2.13. The summed E-state index contributed by atoms with van der Waals surface area (Å²) in [5.74, 6) is 0.935. The van der Waals surface area contributed by atoms with E-state index in [1.807, 2.05) is 0 Å². The minimum absolute atomic E-state index is 0.0662. The highest BCUT2D eigenvalue weighted by Gasteiger charge is 2.12. The summed E-state index contributed by atoms with van der Waals surface area (Å²) in [6.45, 7) is 1.27. The third-order valence-corrected chi connectivity index (χ3v) is 3.28. The lowest BCUT2D eigenvalue weighted by atomic mass is 10.1. The molecule has 0 heterocycles. The van der Waals surface area contributed by atoms with Crippen molar-refractivity contribution in [2.24, 2.45) is 0 Å². The maximum absolute atomic E-state index is 12.0. The van der Waals surface area contributed by atoms with Crippen LogP contribution in [0.3, 0.4) is 0 Å². The molecule has 0 atom stereocenters. The number of rotatable bonds is 7. The summed E-state index contributed by atoms with van der Waals surface area (Å²) in [4.78, 5) is 23.4. The molecule has 0 aliphatic heterocycles. The number of nitrogens with one attached hydrogen (secondary N) is 1. The van der Waals surface area contributed by atoms with Gasteiger partial charge in [-0.05, 0) is 31.2 Å². The maximum Gasteiger partial charge on any atom is 0.262 e. The monoisotopic (exact) mass is 329 g/mol. The SMILES string of the molecule is COc1cccc(OCC(=O)Nc2cccc(C(C)=O)c2)c1OC. The Morgan fingerprint density at radius 1 is 1.00 bits per heavy atom. The Bertz CT molecular complexity index is 742. The highest BCUT2D eigenvalue weighted by Crippen LogP contribution is 2.36. The first kappa shape index (κ1) is 17.3. The van der Waals surface area contributed by atoms with Gasteiger partial charge >= 0.3 is 0 Å². The smallest absolute Gasteiger partial charge is 0.262 e. The van der Waals surface area contributed by atoms with E-state index in [-0.39, 0.29) is 18.3 Å². The molecule has 1 N–H and O–H groups in total. The lowest BCUT2D eigenvalue weighted by Crippen LogP contribution is -2.20. The number of anilines is 1. The van der Waals surface area contributed by atoms with Crippen molar-refractivity contribution in [1.29, 1.82) is 0 Å². The molecule has 2 aromatic carbocycles. The summed E-state index contributed by atoms with van der Waals surface area (Å²) >= 11 is 0. The Labute approximate surface area is 140 Å². The summed E-state index contributed by atoms with van der Waals surface area (Å²) in [5.41, 5.74) is 1.07. The van der Waals surface area contributed by atoms with Crippen molar-refractivity contribution in [2.45, 2.75) is 6.92 Å². The van der Waals surface area contributed by atoms with E-state index in [1.54, 1.807) is 42.5 Å². The molecule has 1 amide bonds. The number of carbonyl (C=O) groups is 2. The standard InChI is InChI=1S/C18H19NO5/c1-12(20)13-6-4-7-14(10-13)19-17(21)11-24-16-9-5-8-15(22-2)18(16)23-3/h4-10H,11H2,1-3H3,(H,19,21). The Kier molecular flexibility index (Phi) is 5.78. The van der Waals surface area contributed by atoms with E-state index in [9.17, 15) is 9.59 Å². The molecule has 0 bridgehead atoms. The Morgan fingerprint density at radius 3 is 2.38 bits per heavy atom. The number of Topliss-reactive ketones (excluding diaryl/α,β-unsaturated/α-hetero) is 1. The van der Waals surface area contributed by atoms with E-state index < -0.39 is 0 Å². The van der Waals surface area contributed by atoms with Gasteiger partial charge < -0.3 is 19.5 Å². The van der Waals surface area contributed by atoms with Crippen molar-refractivity contribution in [3.05, 3.63) is 48.0 Å². The molecule has 0 saturated carbocycles. The van der Waals surface area contributed by atoms with Crippen molar-refractivity contribution in [1.82, 2.24) is 0 Å². The lowest BCUT2D eigenvalue weighted by molar-refractivity contribution is -0.118. The first-order valence-corrected chi connectivity index (χ1v) is 7.29. The van der Waals surface area contributed by atoms with Crippen LogP contribution in [0.1, 0.15) is 17.3 Å². The Balaban J connectivity index is 2.01. The summed E-state index contributed by atoms with van der Waals surface area (Å²) in [6, 6.07) is 11.9. The molecule has 2 aromatic rings. The molecule has 24 heavy (non-hydrogen) atoms. The van der Waals surface area contributed by atoms with Gasteiger partial charge in [0.05, 0.1) is 14.2 Å². The number of methoxy groups -OCH3 is 2. The predicted octanol–water partition coefficient (Wildman–Crippen LogP) is 2.92. The van der Waals surface area contributed by atoms with Crippen LogP contribution in [0.25, 0.3) is 0 Å². The van der Waals surface area contributed by atoms with Gasteiger partial charge in [-0.2, -0.15) is 0 Å². The van der Waals surface area contributed by atoms with Crippen molar-refractivity contribution in [3.8, 4) is 17.2 Å². The van der Waals surface area contributed by atoms with E-state index >= 15 is 0 Å². The van der Waals surface area contributed by atoms with Crippen molar-refractivity contribution >= 4 is 17.4 Å². The third kappa shape index (κ3) is 4.25. The van der Waals surface area contributed by atoms with E-state index in [2.05, 4.69) is 5.32 Å². The van der Waals surface area contributed by atoms with E-state index in [0.29, 0.717) is 28.5 Å². The molecule has 2 rings (SSSR count). The molecule has 6 nitrogen and oxygen atoms in total. The predicted molar refractivity (Wildman–Crippen MR) is 90.1 cm³/mol. The van der Waals surface area contributed by atoms with Crippen LogP contribution in [0.2, 0.25) is 0 Å². The Morgan fingerprint density at radius 2 is 1.71 bits per heavy atom. The molecule has 0 radical (unpaired) electrons. The number of hydrogen-bond donors (Lipinski definition) is 1. The minimum Gasteiger partial charge on any atom is -0.493 e. The van der Waals surface area contributed by atoms with Gasteiger partial charge in [-0.1, -0.05) is 18.2 Å². The van der Waals surface area contributed by atoms with Gasteiger partial charge in [-0.3, -0.25) is 9.59 Å². The zero-order chi connectivity index (χ0) is 17.5. The number of ketones is 1. The normalized spacial score (nSPS) is 9.96. The average Bonchev–Trinajstić information content (AvgIpc) is 2.59. The van der Waals surface area contributed by atoms with E-state index in [0.717, 1.165) is 0 Å². The van der Waals surface area contributed by atoms with Crippen LogP contribution < -0.4 is 19.5 Å². The molecule has 0 saturated heterocycles. The zero-order valence-electron chi connectivity index (χ0n) is 13.8. The number of amides is 1. The second-order valence-corrected chi connectivity index (χ2v) is 4.97. The van der Waals surface area contributed by atoms with Gasteiger partial charge in [0.15, 0.2) is 23.9 Å². The minimum atomic E-state index is -0.347. The van der Waals surface area contributed by atoms with Crippen LogP contribution in [0.15, 0.2) is 42.5 Å². The summed E-state index contributed by atoms with van der Waals surface area (Å²) in [5, 5.41) is 2.69. The van der Waals surface area contributed by atoms with Crippen LogP contribution in [-0.4, -0.2) is 32.5 Å². The van der Waals surface area contributed by atoms with Crippen molar-refractivity contribution in [3.63, 3.8) is 0 Å². The zero-order valence-corrected chi connectivity index (χ0v) is 13.8. The topological polar surface area (TPSA) is 73.9 Å². The van der Waals surface area contributed by atoms with Gasteiger partial charge in [0.2, 0.25) is 5.75 Å². The molecule has 6 heteroatoms. The highest BCUT2D eigenvalue weighted by atomic mass is 16.5. The van der Waals surface area contributed by atoms with E-state index in [4.69, 9.17) is 14.2 Å². The second-order valence-electron chi connectivity index (χ2n) is 4.97. The number of hydrogen-bond acceptors (Lipinski definition) is 5. The van der Waals surface area contributed by atoms with Crippen LogP contribution in [-0.2, 0) is 4.79 Å². The molecule has 126 valence electrons. The van der Waals surface area contributed by atoms with Gasteiger partial charge in [0.1, 0.15) is 0 Å². The third-order valence-electron chi connectivity index (χ3n) is 3.28. The lowest BCUT2D eigenvalue weighted by Gasteiger charge is -2.13. The van der Waals surface area contributed by atoms with Gasteiger partial charge in [0.25, 0.3) is 5.91 Å². The van der Waals surface area contributed by atoms with Crippen LogP contribution in [0, 0.1) is 0 Å². The fourth-order valence-electron chi connectivity index (χ4n) is 2.13. The Hall–Kier alpha value is -3.02. The highest BCUT2D eigenvalue weighted by molar-refractivity contribution is 5.97. The molecule has 0 fully saturated rings. The second kappa shape index (κ2) is 8.01. The summed E-state index contributed by atoms with van der Waals surface area (Å²) in [7, 11) is 3.02. The molecule has 0 unspecified atom stereocenters. The molecular formula is C18H19NO5. The van der Waals surface area contributed by atoms with Gasteiger partial charge in [-0.15, -0.1) is 0 Å². The van der Waals surface area contributed by atoms with Crippen LogP contribution in [0.5, 0.6) is 17.2 Å². The van der Waals surface area contributed by atoms with Crippen molar-refractivity contribution < 1.29 is 23.8 Å². The van der Waals surface area contributed by atoms with Crippen LogP contribution >= 0.6 is 0 Å². The maximum atomic E-state index is 12.0. The number of para-hydroxylation sites is 1. The quantitative estimate of drug-likeness (QED) is 0.791. The molecule has 0 aliphatic carbocycles. The van der Waals surface area contributed by atoms with Gasteiger partial charge in [-0.25, -0.2) is 0 Å². The van der Waals surface area contributed by atoms with Crippen molar-refractivity contribution in [2.75, 3.05) is 26.1 Å². The molecule has 0 aromatic heterocycles. The van der Waals surface area contributed by atoms with E-state index in [1.165, 1.54) is 21.1 Å². The molecule has 0 aliphatic rings. The van der Waals surface area contributed by atoms with Crippen LogP contribution in [0.4, 0.5) is 5.69 Å². The largest absolute Gasteiger partial charge is 0.493 e. The average molecular weight is 329 g/mol.